The van der Waals surface area contributed by atoms with E-state index in [1.165, 1.54) is 24.3 Å². The van der Waals surface area contributed by atoms with Gasteiger partial charge in [-0.05, 0) is 31.4 Å². The molecule has 9 heteroatoms. The first-order valence-electron chi connectivity index (χ1n) is 9.25. The van der Waals surface area contributed by atoms with Crippen molar-refractivity contribution in [3.8, 4) is 27.6 Å². The number of nitrogens with zero attached hydrogens (tertiary/aromatic N) is 4. The van der Waals surface area contributed by atoms with Gasteiger partial charge >= 0.3 is 0 Å². The highest BCUT2D eigenvalue weighted by atomic mass is 32.1. The van der Waals surface area contributed by atoms with Gasteiger partial charge < -0.3 is 10.3 Å². The summed E-state index contributed by atoms with van der Waals surface area (Å²) in [5.41, 5.74) is 4.65. The van der Waals surface area contributed by atoms with Crippen LogP contribution in [0, 0.1) is 5.82 Å². The van der Waals surface area contributed by atoms with Crippen LogP contribution in [0.1, 0.15) is 24.6 Å². The molecule has 1 aliphatic rings. The van der Waals surface area contributed by atoms with Gasteiger partial charge in [-0.3, -0.25) is 4.79 Å². The number of hydrogen-bond acceptors (Lipinski definition) is 5. The molecule has 146 valence electrons. The molecule has 1 amide bonds. The van der Waals surface area contributed by atoms with E-state index in [9.17, 15) is 9.18 Å². The number of thiazole rings is 1. The Balaban J connectivity index is 1.79. The zero-order valence-electron chi connectivity index (χ0n) is 15.6. The van der Waals surface area contributed by atoms with Gasteiger partial charge in [0, 0.05) is 12.5 Å². The third kappa shape index (κ3) is 3.03. The molecule has 4 aromatic rings. The topological polar surface area (TPSA) is 88.5 Å². The number of nitrogens with one attached hydrogen (secondary N) is 2. The molecular weight excluding hydrogens is 391 g/mol. The molecule has 5 rings (SSSR count). The summed E-state index contributed by atoms with van der Waals surface area (Å²) in [5, 5.41) is 8.08. The minimum absolute atomic E-state index is 0.171. The van der Waals surface area contributed by atoms with Gasteiger partial charge in [0.25, 0.3) is 0 Å². The standard InChI is InChI=1S/C20H17FN6OS/c1-11(28)24-20-25-14-7-4-5-12-17(15-9-22-10-23-15)26-27(18(12)19(14)29-20)16-8-3-2-6-13(16)21/h2-3,6,8-10H,4-5,7H2,1H3,(H,22,23)(H,24,25,28). The van der Waals surface area contributed by atoms with Crippen LogP contribution in [0.15, 0.2) is 36.8 Å². The Morgan fingerprint density at radius 3 is 2.93 bits per heavy atom. The van der Waals surface area contributed by atoms with Crippen molar-refractivity contribution < 1.29 is 9.18 Å². The third-order valence-corrected chi connectivity index (χ3v) is 5.87. The second-order valence-electron chi connectivity index (χ2n) is 6.83. The van der Waals surface area contributed by atoms with Crippen molar-refractivity contribution in [3.63, 3.8) is 0 Å². The number of benzene rings is 1. The van der Waals surface area contributed by atoms with Crippen LogP contribution in [0.5, 0.6) is 0 Å². The second kappa shape index (κ2) is 6.93. The van der Waals surface area contributed by atoms with Gasteiger partial charge in [-0.2, -0.15) is 5.10 Å². The third-order valence-electron chi connectivity index (χ3n) is 4.85. The predicted molar refractivity (Wildman–Crippen MR) is 109 cm³/mol. The van der Waals surface area contributed by atoms with E-state index in [-0.39, 0.29) is 11.7 Å². The average molecular weight is 408 g/mol. The number of fused-ring (bicyclic) bond motifs is 3. The zero-order valence-corrected chi connectivity index (χ0v) is 16.4. The highest BCUT2D eigenvalue weighted by Gasteiger charge is 2.29. The fourth-order valence-corrected chi connectivity index (χ4v) is 4.78. The number of halogens is 1. The lowest BCUT2D eigenvalue weighted by Gasteiger charge is -2.08. The van der Waals surface area contributed by atoms with Crippen molar-refractivity contribution in [1.29, 1.82) is 0 Å². The summed E-state index contributed by atoms with van der Waals surface area (Å²) >= 11 is 1.39. The number of imidazole rings is 1. The van der Waals surface area contributed by atoms with Gasteiger partial charge in [0.15, 0.2) is 5.13 Å². The van der Waals surface area contributed by atoms with Crippen molar-refractivity contribution in [2.24, 2.45) is 0 Å². The van der Waals surface area contributed by atoms with Gasteiger partial charge in [-0.15, -0.1) is 0 Å². The van der Waals surface area contributed by atoms with Crippen LogP contribution >= 0.6 is 11.3 Å². The van der Waals surface area contributed by atoms with E-state index in [0.29, 0.717) is 10.8 Å². The monoisotopic (exact) mass is 408 g/mol. The lowest BCUT2D eigenvalue weighted by Crippen LogP contribution is -2.05. The van der Waals surface area contributed by atoms with E-state index >= 15 is 0 Å². The molecule has 0 bridgehead atoms. The van der Waals surface area contributed by atoms with E-state index < -0.39 is 0 Å². The molecule has 1 aliphatic carbocycles. The van der Waals surface area contributed by atoms with Crippen LogP contribution in [0.25, 0.3) is 27.6 Å². The van der Waals surface area contributed by atoms with Crippen LogP contribution in [-0.4, -0.2) is 30.6 Å². The molecule has 2 N–H and O–H groups in total. The highest BCUT2D eigenvalue weighted by molar-refractivity contribution is 7.19. The summed E-state index contributed by atoms with van der Waals surface area (Å²) < 4.78 is 16.4. The Hall–Kier alpha value is -3.33. The van der Waals surface area contributed by atoms with Crippen LogP contribution < -0.4 is 5.32 Å². The summed E-state index contributed by atoms with van der Waals surface area (Å²) in [7, 11) is 0. The Labute approximate surface area is 169 Å². The Kier molecular flexibility index (Phi) is 4.24. The number of aromatic amines is 1. The summed E-state index contributed by atoms with van der Waals surface area (Å²) in [6.45, 7) is 1.46. The molecule has 0 atom stereocenters. The zero-order chi connectivity index (χ0) is 20.0. The fraction of sp³-hybridized carbons (Fsp3) is 0.200. The molecule has 0 saturated carbocycles. The van der Waals surface area contributed by atoms with E-state index in [2.05, 4.69) is 20.3 Å². The normalized spacial score (nSPS) is 12.9. The lowest BCUT2D eigenvalue weighted by atomic mass is 10.1. The molecule has 29 heavy (non-hydrogen) atoms. The first kappa shape index (κ1) is 17.7. The molecule has 0 aliphatic heterocycles. The Morgan fingerprint density at radius 1 is 1.31 bits per heavy atom. The number of anilines is 1. The number of aromatic nitrogens is 5. The largest absolute Gasteiger partial charge is 0.343 e. The quantitative estimate of drug-likeness (QED) is 0.537. The number of carbonyl (C=O) groups excluding carboxylic acids is 1. The SMILES string of the molecule is CC(=O)Nc1nc2c(s1)-c1c(c(-c3cnc[nH]3)nn1-c1ccccc1F)CCC2. The molecule has 0 fully saturated rings. The number of aryl methyl sites for hydroxylation is 1. The molecule has 0 spiro atoms. The molecule has 7 nitrogen and oxygen atoms in total. The predicted octanol–water partition coefficient (Wildman–Crippen LogP) is 3.97. The smallest absolute Gasteiger partial charge is 0.223 e. The number of para-hydroxylation sites is 1. The summed E-state index contributed by atoms with van der Waals surface area (Å²) in [5.74, 6) is -0.527. The number of rotatable bonds is 3. The average Bonchev–Trinajstić information content (AvgIpc) is 3.39. The number of carbonyl (C=O) groups is 1. The maximum atomic E-state index is 14.7. The van der Waals surface area contributed by atoms with Gasteiger partial charge in [0.2, 0.25) is 5.91 Å². The van der Waals surface area contributed by atoms with Crippen LogP contribution in [0.2, 0.25) is 0 Å². The molecule has 3 aromatic heterocycles. The second-order valence-corrected chi connectivity index (χ2v) is 7.83. The van der Waals surface area contributed by atoms with Crippen LogP contribution in [0.4, 0.5) is 9.52 Å². The first-order valence-corrected chi connectivity index (χ1v) is 10.1. The Morgan fingerprint density at radius 2 is 2.17 bits per heavy atom. The van der Waals surface area contributed by atoms with E-state index in [4.69, 9.17) is 5.10 Å². The lowest BCUT2D eigenvalue weighted by molar-refractivity contribution is -0.114. The van der Waals surface area contributed by atoms with E-state index in [0.717, 1.165) is 52.5 Å². The number of hydrogen-bond donors (Lipinski definition) is 2. The number of amides is 1. The fourth-order valence-electron chi connectivity index (χ4n) is 3.66. The van der Waals surface area contributed by atoms with Crippen molar-refractivity contribution in [2.45, 2.75) is 26.2 Å². The van der Waals surface area contributed by atoms with Crippen molar-refractivity contribution in [1.82, 2.24) is 24.7 Å². The van der Waals surface area contributed by atoms with E-state index in [1.807, 2.05) is 0 Å². The number of H-pyrrole nitrogens is 1. The van der Waals surface area contributed by atoms with Gasteiger partial charge in [-0.25, -0.2) is 19.0 Å². The summed E-state index contributed by atoms with van der Waals surface area (Å²) in [6, 6.07) is 6.57. The van der Waals surface area contributed by atoms with Crippen molar-refractivity contribution in [2.75, 3.05) is 5.32 Å². The van der Waals surface area contributed by atoms with Crippen LogP contribution in [-0.2, 0) is 17.6 Å². The summed E-state index contributed by atoms with van der Waals surface area (Å²) in [4.78, 5) is 24.2. The highest BCUT2D eigenvalue weighted by Crippen LogP contribution is 2.43. The molecule has 0 unspecified atom stereocenters. The van der Waals surface area contributed by atoms with Gasteiger partial charge in [0.05, 0.1) is 34.5 Å². The van der Waals surface area contributed by atoms with Crippen molar-refractivity contribution in [3.05, 3.63) is 53.9 Å². The minimum Gasteiger partial charge on any atom is -0.343 e. The molecular formula is C20H17FN6OS. The maximum absolute atomic E-state index is 14.7. The Bertz CT molecular complexity index is 1210. The van der Waals surface area contributed by atoms with Crippen LogP contribution in [0.3, 0.4) is 0 Å². The molecule has 0 radical (unpaired) electrons. The maximum Gasteiger partial charge on any atom is 0.223 e. The van der Waals surface area contributed by atoms with E-state index in [1.54, 1.807) is 35.4 Å². The van der Waals surface area contributed by atoms with Gasteiger partial charge in [0.1, 0.15) is 17.2 Å². The minimum atomic E-state index is -0.355. The van der Waals surface area contributed by atoms with Crippen molar-refractivity contribution >= 4 is 22.4 Å². The molecule has 0 saturated heterocycles. The molecule has 3 heterocycles. The summed E-state index contributed by atoms with van der Waals surface area (Å²) in [6.07, 6.45) is 5.77. The molecule has 1 aromatic carbocycles. The van der Waals surface area contributed by atoms with Gasteiger partial charge in [-0.1, -0.05) is 23.5 Å². The first-order chi connectivity index (χ1) is 14.1.